The molecule has 1 aromatic carbocycles. The highest BCUT2D eigenvalue weighted by atomic mass is 16.5. The zero-order valence-electron chi connectivity index (χ0n) is 15.0. The van der Waals surface area contributed by atoms with Crippen LogP contribution in [-0.4, -0.2) is 29.7 Å². The summed E-state index contributed by atoms with van der Waals surface area (Å²) in [6.07, 6.45) is 10.4. The maximum absolute atomic E-state index is 5.27. The predicted molar refractivity (Wildman–Crippen MR) is 102 cm³/mol. The number of benzene rings is 1. The average molecular weight is 340 g/mol. The highest BCUT2D eigenvalue weighted by Gasteiger charge is 2.12. The molecule has 5 heteroatoms. The minimum Gasteiger partial charge on any atom is -0.497 e. The molecule has 25 heavy (non-hydrogen) atoms. The van der Waals surface area contributed by atoms with E-state index >= 15 is 0 Å². The average Bonchev–Trinajstić information content (AvgIpc) is 2.91. The molecule has 0 radical (unpaired) electrons. The molecule has 1 saturated carbocycles. The minimum absolute atomic E-state index is 0.544. The standard InChI is InChI=1S/C20H28N4O/c1-25-18-10-6-7-16(13-18)11-12-21-19-14-20(23-15-22-19)24-17-8-4-2-3-5-9-17/h6-7,10,13-15,17H,2-5,8-9,11-12H2,1H3,(H2,21,22,23,24). The number of methoxy groups -OCH3 is 1. The summed E-state index contributed by atoms with van der Waals surface area (Å²) >= 11 is 0. The highest BCUT2D eigenvalue weighted by Crippen LogP contribution is 2.21. The summed E-state index contributed by atoms with van der Waals surface area (Å²) < 4.78 is 5.27. The van der Waals surface area contributed by atoms with Gasteiger partial charge in [0.25, 0.3) is 0 Å². The Bertz CT molecular complexity index is 654. The first-order valence-electron chi connectivity index (χ1n) is 9.29. The molecule has 0 amide bonds. The molecular weight excluding hydrogens is 312 g/mol. The first kappa shape index (κ1) is 17.5. The van der Waals surface area contributed by atoms with Crippen LogP contribution in [0.3, 0.4) is 0 Å². The Labute approximate surface area is 150 Å². The molecule has 5 nitrogen and oxygen atoms in total. The third kappa shape index (κ3) is 5.62. The van der Waals surface area contributed by atoms with E-state index in [2.05, 4.69) is 32.7 Å². The minimum atomic E-state index is 0.544. The maximum Gasteiger partial charge on any atom is 0.131 e. The van der Waals surface area contributed by atoms with Gasteiger partial charge in [0.1, 0.15) is 23.7 Å². The Morgan fingerprint density at radius 1 is 1.04 bits per heavy atom. The van der Waals surface area contributed by atoms with E-state index in [4.69, 9.17) is 4.74 Å². The number of nitrogens with one attached hydrogen (secondary N) is 2. The molecule has 1 aromatic heterocycles. The number of ether oxygens (including phenoxy) is 1. The smallest absolute Gasteiger partial charge is 0.131 e. The highest BCUT2D eigenvalue weighted by molar-refractivity contribution is 5.47. The molecule has 0 spiro atoms. The van der Waals surface area contributed by atoms with Crippen LogP contribution >= 0.6 is 0 Å². The van der Waals surface area contributed by atoms with Crippen LogP contribution in [0, 0.1) is 0 Å². The molecule has 0 saturated heterocycles. The van der Waals surface area contributed by atoms with E-state index in [0.717, 1.165) is 30.4 Å². The summed E-state index contributed by atoms with van der Waals surface area (Å²) in [6, 6.07) is 10.7. The lowest BCUT2D eigenvalue weighted by molar-refractivity contribution is 0.414. The second-order valence-electron chi connectivity index (χ2n) is 6.65. The van der Waals surface area contributed by atoms with Crippen LogP contribution in [0.1, 0.15) is 44.1 Å². The molecule has 0 bridgehead atoms. The Balaban J connectivity index is 1.50. The molecule has 1 aliphatic rings. The SMILES string of the molecule is COc1cccc(CCNc2cc(NC3CCCCCC3)ncn2)c1. The van der Waals surface area contributed by atoms with Gasteiger partial charge in [-0.25, -0.2) is 9.97 Å². The van der Waals surface area contributed by atoms with E-state index in [1.807, 2.05) is 18.2 Å². The van der Waals surface area contributed by atoms with Crippen molar-refractivity contribution in [2.75, 3.05) is 24.3 Å². The Morgan fingerprint density at radius 3 is 2.64 bits per heavy atom. The van der Waals surface area contributed by atoms with Crippen LogP contribution in [0.2, 0.25) is 0 Å². The summed E-state index contributed by atoms with van der Waals surface area (Å²) in [6.45, 7) is 0.826. The van der Waals surface area contributed by atoms with E-state index in [9.17, 15) is 0 Å². The lowest BCUT2D eigenvalue weighted by Gasteiger charge is -2.17. The maximum atomic E-state index is 5.27. The third-order valence-electron chi connectivity index (χ3n) is 4.73. The second-order valence-corrected chi connectivity index (χ2v) is 6.65. The fraction of sp³-hybridized carbons (Fsp3) is 0.500. The number of aromatic nitrogens is 2. The molecular formula is C20H28N4O. The van der Waals surface area contributed by atoms with Crippen LogP contribution in [0.25, 0.3) is 0 Å². The first-order chi connectivity index (χ1) is 12.3. The molecule has 1 aliphatic carbocycles. The van der Waals surface area contributed by atoms with Crippen molar-refractivity contribution in [3.63, 3.8) is 0 Å². The van der Waals surface area contributed by atoms with Gasteiger partial charge in [-0.05, 0) is 37.0 Å². The molecule has 0 aliphatic heterocycles. The van der Waals surface area contributed by atoms with Crippen molar-refractivity contribution in [1.29, 1.82) is 0 Å². The van der Waals surface area contributed by atoms with Crippen molar-refractivity contribution >= 4 is 11.6 Å². The van der Waals surface area contributed by atoms with Gasteiger partial charge < -0.3 is 15.4 Å². The molecule has 134 valence electrons. The molecule has 2 N–H and O–H groups in total. The quantitative estimate of drug-likeness (QED) is 0.737. The fourth-order valence-corrected chi connectivity index (χ4v) is 3.33. The van der Waals surface area contributed by atoms with Gasteiger partial charge in [-0.1, -0.05) is 37.8 Å². The molecule has 1 fully saturated rings. The van der Waals surface area contributed by atoms with Gasteiger partial charge in [0.2, 0.25) is 0 Å². The monoisotopic (exact) mass is 340 g/mol. The van der Waals surface area contributed by atoms with Gasteiger partial charge in [-0.15, -0.1) is 0 Å². The van der Waals surface area contributed by atoms with Crippen LogP contribution in [0.5, 0.6) is 5.75 Å². The largest absolute Gasteiger partial charge is 0.497 e. The summed E-state index contributed by atoms with van der Waals surface area (Å²) in [5.74, 6) is 2.69. The van der Waals surface area contributed by atoms with Crippen molar-refractivity contribution < 1.29 is 4.74 Å². The van der Waals surface area contributed by atoms with Gasteiger partial charge in [-0.2, -0.15) is 0 Å². The zero-order chi connectivity index (χ0) is 17.3. The van der Waals surface area contributed by atoms with E-state index < -0.39 is 0 Å². The van der Waals surface area contributed by atoms with Crippen LogP contribution in [0.4, 0.5) is 11.6 Å². The molecule has 2 aromatic rings. The Hall–Kier alpha value is -2.30. The number of rotatable bonds is 7. The molecule has 0 unspecified atom stereocenters. The third-order valence-corrected chi connectivity index (χ3v) is 4.73. The van der Waals surface area contributed by atoms with Gasteiger partial charge in [0.15, 0.2) is 0 Å². The first-order valence-corrected chi connectivity index (χ1v) is 9.29. The lowest BCUT2D eigenvalue weighted by Crippen LogP contribution is -2.19. The van der Waals surface area contributed by atoms with Gasteiger partial charge in [0.05, 0.1) is 7.11 Å². The number of nitrogens with zero attached hydrogens (tertiary/aromatic N) is 2. The lowest BCUT2D eigenvalue weighted by atomic mass is 10.1. The Morgan fingerprint density at radius 2 is 1.84 bits per heavy atom. The van der Waals surface area contributed by atoms with Gasteiger partial charge in [-0.3, -0.25) is 0 Å². The summed E-state index contributed by atoms with van der Waals surface area (Å²) in [4.78, 5) is 8.70. The summed E-state index contributed by atoms with van der Waals surface area (Å²) in [7, 11) is 1.70. The van der Waals surface area contributed by atoms with Crippen molar-refractivity contribution in [2.45, 2.75) is 51.0 Å². The zero-order valence-corrected chi connectivity index (χ0v) is 15.0. The van der Waals surface area contributed by atoms with Crippen LogP contribution in [-0.2, 0) is 6.42 Å². The predicted octanol–water partition coefficient (Wildman–Crippen LogP) is 4.27. The molecule has 3 rings (SSSR count). The van der Waals surface area contributed by atoms with Gasteiger partial charge in [0, 0.05) is 18.7 Å². The topological polar surface area (TPSA) is 59.1 Å². The summed E-state index contributed by atoms with van der Waals surface area (Å²) in [5.41, 5.74) is 1.25. The van der Waals surface area contributed by atoms with Crippen LogP contribution < -0.4 is 15.4 Å². The summed E-state index contributed by atoms with van der Waals surface area (Å²) in [5, 5.41) is 6.97. The van der Waals surface area contributed by atoms with Crippen molar-refractivity contribution in [3.05, 3.63) is 42.2 Å². The van der Waals surface area contributed by atoms with Crippen molar-refractivity contribution in [1.82, 2.24) is 9.97 Å². The normalized spacial score (nSPS) is 15.4. The molecule has 0 atom stereocenters. The molecule has 1 heterocycles. The second kappa shape index (κ2) is 9.25. The van der Waals surface area contributed by atoms with Gasteiger partial charge >= 0.3 is 0 Å². The van der Waals surface area contributed by atoms with E-state index in [1.165, 1.54) is 44.1 Å². The number of hydrogen-bond acceptors (Lipinski definition) is 5. The van der Waals surface area contributed by atoms with E-state index in [-0.39, 0.29) is 0 Å². The fourth-order valence-electron chi connectivity index (χ4n) is 3.33. The van der Waals surface area contributed by atoms with E-state index in [0.29, 0.717) is 6.04 Å². The van der Waals surface area contributed by atoms with Crippen molar-refractivity contribution in [3.8, 4) is 5.75 Å². The van der Waals surface area contributed by atoms with Crippen LogP contribution in [0.15, 0.2) is 36.7 Å². The number of anilines is 2. The number of hydrogen-bond donors (Lipinski definition) is 2. The van der Waals surface area contributed by atoms with E-state index in [1.54, 1.807) is 13.4 Å². The Kier molecular flexibility index (Phi) is 6.48. The van der Waals surface area contributed by atoms with Crippen molar-refractivity contribution in [2.24, 2.45) is 0 Å².